The van der Waals surface area contributed by atoms with Gasteiger partial charge in [0.05, 0.1) is 5.92 Å². The van der Waals surface area contributed by atoms with E-state index >= 15 is 0 Å². The molecule has 3 unspecified atom stereocenters. The van der Waals surface area contributed by atoms with E-state index in [0.717, 1.165) is 5.56 Å². The molecule has 0 spiro atoms. The minimum atomic E-state index is -0.751. The minimum Gasteiger partial charge on any atom is -0.347 e. The topological polar surface area (TPSA) is 117 Å². The predicted octanol–water partition coefficient (Wildman–Crippen LogP) is -1.16. The molecule has 1 aliphatic heterocycles. The largest absolute Gasteiger partial charge is 0.347 e. The van der Waals surface area contributed by atoms with Crippen molar-refractivity contribution in [2.75, 3.05) is 20.6 Å². The molecule has 132 valence electrons. The third-order valence-electron chi connectivity index (χ3n) is 4.05. The highest BCUT2D eigenvalue weighted by molar-refractivity contribution is 5.89. The van der Waals surface area contributed by atoms with Crippen LogP contribution < -0.4 is 16.2 Å². The van der Waals surface area contributed by atoms with Crippen molar-refractivity contribution in [3.63, 3.8) is 0 Å². The SMILES string of the molecule is CN(C)C(=O)C(NC(=O)C1CNNC1n1cnnn1)c1ccccc1. The number of hydrogen-bond acceptors (Lipinski definition) is 7. The van der Waals surface area contributed by atoms with Crippen molar-refractivity contribution in [2.24, 2.45) is 5.92 Å². The molecule has 10 nitrogen and oxygen atoms in total. The summed E-state index contributed by atoms with van der Waals surface area (Å²) in [6.45, 7) is 0.397. The quantitative estimate of drug-likeness (QED) is 0.626. The maximum atomic E-state index is 12.8. The van der Waals surface area contributed by atoms with Crippen LogP contribution in [0.4, 0.5) is 0 Å². The Kier molecular flexibility index (Phi) is 5.00. The molecule has 2 amide bonds. The maximum absolute atomic E-state index is 12.8. The average molecular weight is 344 g/mol. The number of aromatic nitrogens is 4. The van der Waals surface area contributed by atoms with Gasteiger partial charge in [-0.05, 0) is 16.0 Å². The number of carbonyl (C=O) groups excluding carboxylic acids is 2. The van der Waals surface area contributed by atoms with Crippen molar-refractivity contribution in [1.29, 1.82) is 0 Å². The second-order valence-corrected chi connectivity index (χ2v) is 5.95. The number of nitrogens with zero attached hydrogens (tertiary/aromatic N) is 5. The number of carbonyl (C=O) groups is 2. The Bertz CT molecular complexity index is 718. The van der Waals surface area contributed by atoms with Gasteiger partial charge in [-0.3, -0.25) is 15.0 Å². The molecule has 3 rings (SSSR count). The minimum absolute atomic E-state index is 0.197. The molecule has 0 aliphatic carbocycles. The zero-order valence-electron chi connectivity index (χ0n) is 14.0. The molecule has 25 heavy (non-hydrogen) atoms. The molecule has 0 bridgehead atoms. The third kappa shape index (κ3) is 3.64. The summed E-state index contributed by atoms with van der Waals surface area (Å²) in [7, 11) is 3.32. The standard InChI is InChI=1S/C15H20N8O2/c1-22(2)15(25)12(10-6-4-3-5-7-10)18-14(24)11-8-16-19-13(11)23-9-17-20-21-23/h3-7,9,11-13,16,19H,8H2,1-2H3,(H,18,24). The fourth-order valence-electron chi connectivity index (χ4n) is 2.71. The molecule has 0 radical (unpaired) electrons. The smallest absolute Gasteiger partial charge is 0.249 e. The van der Waals surface area contributed by atoms with E-state index in [4.69, 9.17) is 0 Å². The summed E-state index contributed by atoms with van der Waals surface area (Å²) in [6.07, 6.45) is 1.01. The first kappa shape index (κ1) is 17.0. The summed E-state index contributed by atoms with van der Waals surface area (Å²) in [5.74, 6) is -0.927. The van der Waals surface area contributed by atoms with Gasteiger partial charge in [-0.15, -0.1) is 5.10 Å². The van der Waals surface area contributed by atoms with E-state index < -0.39 is 18.1 Å². The molecule has 0 saturated carbocycles. The van der Waals surface area contributed by atoms with Gasteiger partial charge >= 0.3 is 0 Å². The number of tetrazole rings is 1. The Morgan fingerprint density at radius 2 is 2.08 bits per heavy atom. The second-order valence-electron chi connectivity index (χ2n) is 5.95. The first-order chi connectivity index (χ1) is 12.1. The Hall–Kier alpha value is -2.85. The summed E-state index contributed by atoms with van der Waals surface area (Å²) >= 11 is 0. The summed E-state index contributed by atoms with van der Waals surface area (Å²) < 4.78 is 1.47. The summed E-state index contributed by atoms with van der Waals surface area (Å²) in [4.78, 5) is 26.8. The van der Waals surface area contributed by atoms with Crippen molar-refractivity contribution >= 4 is 11.8 Å². The first-order valence-electron chi connectivity index (χ1n) is 7.85. The first-order valence-corrected chi connectivity index (χ1v) is 7.85. The van der Waals surface area contributed by atoms with E-state index in [2.05, 4.69) is 31.7 Å². The molecule has 2 aromatic rings. The van der Waals surface area contributed by atoms with Crippen LogP contribution >= 0.6 is 0 Å². The van der Waals surface area contributed by atoms with Crippen molar-refractivity contribution in [2.45, 2.75) is 12.2 Å². The summed E-state index contributed by atoms with van der Waals surface area (Å²) in [6, 6.07) is 8.41. The highest BCUT2D eigenvalue weighted by atomic mass is 16.2. The van der Waals surface area contributed by atoms with E-state index in [1.807, 2.05) is 30.3 Å². The molecule has 1 fully saturated rings. The van der Waals surface area contributed by atoms with Crippen molar-refractivity contribution in [3.05, 3.63) is 42.2 Å². The summed E-state index contributed by atoms with van der Waals surface area (Å²) in [5.41, 5.74) is 6.63. The van der Waals surface area contributed by atoms with Crippen LogP contribution in [0.2, 0.25) is 0 Å². The van der Waals surface area contributed by atoms with E-state index in [9.17, 15) is 9.59 Å². The molecular formula is C15H20N8O2. The highest BCUT2D eigenvalue weighted by Crippen LogP contribution is 2.21. The Balaban J connectivity index is 1.79. The van der Waals surface area contributed by atoms with Crippen LogP contribution in [0.3, 0.4) is 0 Å². The molecule has 2 heterocycles. The van der Waals surface area contributed by atoms with Crippen LogP contribution in [0.25, 0.3) is 0 Å². The molecule has 1 saturated heterocycles. The van der Waals surface area contributed by atoms with Crippen LogP contribution in [0.15, 0.2) is 36.7 Å². The van der Waals surface area contributed by atoms with Gasteiger partial charge in [-0.1, -0.05) is 30.3 Å². The number of hydrazine groups is 1. The monoisotopic (exact) mass is 344 g/mol. The Morgan fingerprint density at radius 3 is 2.72 bits per heavy atom. The van der Waals surface area contributed by atoms with Gasteiger partial charge in [-0.2, -0.15) is 0 Å². The van der Waals surface area contributed by atoms with E-state index in [1.165, 1.54) is 15.9 Å². The van der Waals surface area contributed by atoms with Crippen LogP contribution in [0, 0.1) is 5.92 Å². The van der Waals surface area contributed by atoms with Gasteiger partial charge in [0.1, 0.15) is 18.5 Å². The lowest BCUT2D eigenvalue weighted by Crippen LogP contribution is -2.44. The lowest BCUT2D eigenvalue weighted by atomic mass is 10.0. The van der Waals surface area contributed by atoms with Gasteiger partial charge in [0.2, 0.25) is 11.8 Å². The lowest BCUT2D eigenvalue weighted by molar-refractivity contribution is -0.136. The Morgan fingerprint density at radius 1 is 1.32 bits per heavy atom. The van der Waals surface area contributed by atoms with Crippen LogP contribution in [0.5, 0.6) is 0 Å². The number of nitrogens with one attached hydrogen (secondary N) is 3. The van der Waals surface area contributed by atoms with Gasteiger partial charge in [0.15, 0.2) is 0 Å². The number of rotatable bonds is 5. The predicted molar refractivity (Wildman–Crippen MR) is 87.5 cm³/mol. The van der Waals surface area contributed by atoms with Crippen LogP contribution in [0.1, 0.15) is 17.8 Å². The van der Waals surface area contributed by atoms with Crippen LogP contribution in [-0.4, -0.2) is 57.6 Å². The molecule has 3 N–H and O–H groups in total. The zero-order valence-corrected chi connectivity index (χ0v) is 14.0. The van der Waals surface area contributed by atoms with Gasteiger partial charge in [0, 0.05) is 20.6 Å². The lowest BCUT2D eigenvalue weighted by Gasteiger charge is -2.24. The zero-order chi connectivity index (χ0) is 17.8. The molecule has 3 atom stereocenters. The van der Waals surface area contributed by atoms with Crippen molar-refractivity contribution < 1.29 is 9.59 Å². The fraction of sp³-hybridized carbons (Fsp3) is 0.400. The van der Waals surface area contributed by atoms with Gasteiger partial charge in [-0.25, -0.2) is 10.1 Å². The van der Waals surface area contributed by atoms with Gasteiger partial charge < -0.3 is 10.2 Å². The van der Waals surface area contributed by atoms with Crippen LogP contribution in [-0.2, 0) is 9.59 Å². The third-order valence-corrected chi connectivity index (χ3v) is 4.05. The number of benzene rings is 1. The van der Waals surface area contributed by atoms with Crippen molar-refractivity contribution in [1.82, 2.24) is 41.3 Å². The van der Waals surface area contributed by atoms with E-state index in [1.54, 1.807) is 14.1 Å². The highest BCUT2D eigenvalue weighted by Gasteiger charge is 2.37. The summed E-state index contributed by atoms with van der Waals surface area (Å²) in [5, 5.41) is 13.9. The number of hydrogen-bond donors (Lipinski definition) is 3. The molecular weight excluding hydrogens is 324 g/mol. The normalized spacial score (nSPS) is 20.9. The van der Waals surface area contributed by atoms with E-state index in [0.29, 0.717) is 6.54 Å². The molecule has 1 aromatic carbocycles. The number of amides is 2. The molecule has 1 aliphatic rings. The van der Waals surface area contributed by atoms with E-state index in [-0.39, 0.29) is 11.8 Å². The number of likely N-dealkylation sites (N-methyl/N-ethyl adjacent to an activating group) is 1. The molecule has 10 heteroatoms. The fourth-order valence-corrected chi connectivity index (χ4v) is 2.71. The Labute approximate surface area is 144 Å². The van der Waals surface area contributed by atoms with Gasteiger partial charge in [0.25, 0.3) is 0 Å². The maximum Gasteiger partial charge on any atom is 0.249 e. The molecule has 1 aromatic heterocycles. The second kappa shape index (κ2) is 7.36. The van der Waals surface area contributed by atoms with Crippen molar-refractivity contribution in [3.8, 4) is 0 Å². The average Bonchev–Trinajstić information content (AvgIpc) is 3.30.